The van der Waals surface area contributed by atoms with Gasteiger partial charge in [-0.25, -0.2) is 4.79 Å². The second-order valence-electron chi connectivity index (χ2n) is 5.18. The Morgan fingerprint density at radius 2 is 2.13 bits per heavy atom. The van der Waals surface area contributed by atoms with Gasteiger partial charge in [-0.1, -0.05) is 18.2 Å². The van der Waals surface area contributed by atoms with Crippen LogP contribution in [0.15, 0.2) is 51.8 Å². The van der Waals surface area contributed by atoms with Crippen molar-refractivity contribution in [1.82, 2.24) is 9.78 Å². The zero-order chi connectivity index (χ0) is 16.4. The molecule has 3 aromatic rings. The van der Waals surface area contributed by atoms with Gasteiger partial charge in [-0.3, -0.25) is 9.48 Å². The van der Waals surface area contributed by atoms with Crippen molar-refractivity contribution in [1.29, 1.82) is 0 Å². The maximum Gasteiger partial charge on any atom is 0.347 e. The number of aromatic nitrogens is 2. The number of fused-ring (bicyclic) bond motifs is 1. The molecule has 23 heavy (non-hydrogen) atoms. The van der Waals surface area contributed by atoms with E-state index in [0.29, 0.717) is 5.58 Å². The minimum absolute atomic E-state index is 0.0282. The summed E-state index contributed by atoms with van der Waals surface area (Å²) in [7, 11) is 0. The van der Waals surface area contributed by atoms with Crippen molar-refractivity contribution < 1.29 is 9.21 Å². The first kappa shape index (κ1) is 15.0. The van der Waals surface area contributed by atoms with E-state index in [0.717, 1.165) is 23.2 Å². The lowest BCUT2D eigenvalue weighted by Crippen LogP contribution is -2.11. The fourth-order valence-corrected chi connectivity index (χ4v) is 2.43. The molecule has 0 saturated carbocycles. The Morgan fingerprint density at radius 3 is 2.87 bits per heavy atom. The molecule has 2 aromatic heterocycles. The average Bonchev–Trinajstić information content (AvgIpc) is 2.92. The first-order valence-corrected chi connectivity index (χ1v) is 7.38. The van der Waals surface area contributed by atoms with Crippen LogP contribution in [0.2, 0.25) is 0 Å². The third-order valence-electron chi connectivity index (χ3n) is 3.76. The second-order valence-corrected chi connectivity index (χ2v) is 5.18. The van der Waals surface area contributed by atoms with Gasteiger partial charge in [0.1, 0.15) is 11.1 Å². The van der Waals surface area contributed by atoms with Gasteiger partial charge in [0.25, 0.3) is 0 Å². The van der Waals surface area contributed by atoms with Crippen LogP contribution in [0.1, 0.15) is 28.5 Å². The Hall–Kier alpha value is -2.95. The van der Waals surface area contributed by atoms with Crippen LogP contribution in [0.3, 0.4) is 0 Å². The topological polar surface area (TPSA) is 65.1 Å². The molecule has 3 rings (SSSR count). The minimum atomic E-state index is -0.626. The van der Waals surface area contributed by atoms with E-state index in [-0.39, 0.29) is 11.3 Å². The maximum atomic E-state index is 12.3. The quantitative estimate of drug-likeness (QED) is 0.422. The van der Waals surface area contributed by atoms with Crippen molar-refractivity contribution in [2.45, 2.75) is 20.4 Å². The number of allylic oxidation sites excluding steroid dienone is 1. The first-order chi connectivity index (χ1) is 11.1. The Morgan fingerprint density at radius 1 is 1.35 bits per heavy atom. The number of benzene rings is 1. The van der Waals surface area contributed by atoms with Crippen molar-refractivity contribution in [3.8, 4) is 0 Å². The van der Waals surface area contributed by atoms with Gasteiger partial charge in [-0.15, -0.1) is 0 Å². The lowest BCUT2D eigenvalue weighted by molar-refractivity contribution is 0.104. The van der Waals surface area contributed by atoms with Gasteiger partial charge in [-0.05, 0) is 38.1 Å². The van der Waals surface area contributed by atoms with E-state index in [1.54, 1.807) is 36.5 Å². The molecule has 0 atom stereocenters. The molecule has 0 radical (unpaired) electrons. The molecule has 5 nitrogen and oxygen atoms in total. The molecule has 0 aliphatic rings. The molecular weight excluding hydrogens is 292 g/mol. The molecule has 0 unspecified atom stereocenters. The largest absolute Gasteiger partial charge is 0.422 e. The van der Waals surface area contributed by atoms with Crippen molar-refractivity contribution in [2.24, 2.45) is 0 Å². The highest BCUT2D eigenvalue weighted by Gasteiger charge is 2.11. The number of aryl methyl sites for hydroxylation is 1. The lowest BCUT2D eigenvalue weighted by atomic mass is 10.1. The van der Waals surface area contributed by atoms with Crippen molar-refractivity contribution in [2.75, 3.05) is 0 Å². The minimum Gasteiger partial charge on any atom is -0.422 e. The van der Waals surface area contributed by atoms with Crippen LogP contribution < -0.4 is 5.63 Å². The van der Waals surface area contributed by atoms with E-state index < -0.39 is 5.63 Å². The van der Waals surface area contributed by atoms with Crippen LogP contribution in [0, 0.1) is 6.92 Å². The summed E-state index contributed by atoms with van der Waals surface area (Å²) in [4.78, 5) is 24.3. The van der Waals surface area contributed by atoms with Gasteiger partial charge in [0.05, 0.1) is 6.20 Å². The van der Waals surface area contributed by atoms with E-state index in [2.05, 4.69) is 5.10 Å². The summed E-state index contributed by atoms with van der Waals surface area (Å²) in [6, 6.07) is 8.67. The third-order valence-corrected chi connectivity index (χ3v) is 3.76. The van der Waals surface area contributed by atoms with Crippen LogP contribution in [0.4, 0.5) is 0 Å². The summed E-state index contributed by atoms with van der Waals surface area (Å²) in [6.45, 7) is 4.70. The summed E-state index contributed by atoms with van der Waals surface area (Å²) in [5.41, 5.74) is 1.70. The first-order valence-electron chi connectivity index (χ1n) is 7.38. The Balaban J connectivity index is 1.94. The van der Waals surface area contributed by atoms with Gasteiger partial charge in [0, 0.05) is 23.2 Å². The maximum absolute atomic E-state index is 12.3. The van der Waals surface area contributed by atoms with Crippen LogP contribution in [-0.2, 0) is 6.54 Å². The zero-order valence-electron chi connectivity index (χ0n) is 12.9. The van der Waals surface area contributed by atoms with Crippen molar-refractivity contribution >= 4 is 22.8 Å². The number of nitrogens with zero attached hydrogens (tertiary/aromatic N) is 2. The normalized spacial score (nSPS) is 11.4. The highest BCUT2D eigenvalue weighted by atomic mass is 16.4. The molecular formula is C18H16N2O3. The van der Waals surface area contributed by atoms with Gasteiger partial charge in [0.2, 0.25) is 0 Å². The molecule has 0 N–H and O–H groups in total. The number of para-hydroxylation sites is 1. The monoisotopic (exact) mass is 308 g/mol. The Kier molecular flexibility index (Phi) is 3.93. The van der Waals surface area contributed by atoms with E-state index in [1.165, 1.54) is 6.08 Å². The highest BCUT2D eigenvalue weighted by molar-refractivity contribution is 6.07. The molecule has 0 fully saturated rings. The molecule has 2 heterocycles. The molecule has 0 aliphatic heterocycles. The molecule has 0 aliphatic carbocycles. The second kappa shape index (κ2) is 6.04. The van der Waals surface area contributed by atoms with Gasteiger partial charge >= 0.3 is 5.63 Å². The van der Waals surface area contributed by atoms with E-state index in [9.17, 15) is 9.59 Å². The molecule has 0 saturated heterocycles. The zero-order valence-corrected chi connectivity index (χ0v) is 12.9. The smallest absolute Gasteiger partial charge is 0.347 e. The van der Waals surface area contributed by atoms with E-state index >= 15 is 0 Å². The summed E-state index contributed by atoms with van der Waals surface area (Å²) in [6.07, 6.45) is 4.75. The van der Waals surface area contributed by atoms with Gasteiger partial charge < -0.3 is 4.42 Å². The predicted molar refractivity (Wildman–Crippen MR) is 88.5 cm³/mol. The standard InChI is InChI=1S/C18H16N2O3/c1-3-20-12(2)14(11-19-20)8-9-16(21)15-10-13-6-4-5-7-17(13)23-18(15)22/h4-11H,3H2,1-2H3/b9-8+. The number of carbonyl (C=O) groups is 1. The number of carbonyl (C=O) groups excluding carboxylic acids is 1. The van der Waals surface area contributed by atoms with Gasteiger partial charge in [0.15, 0.2) is 5.78 Å². The van der Waals surface area contributed by atoms with Crippen molar-refractivity contribution in [3.05, 3.63) is 69.8 Å². The highest BCUT2D eigenvalue weighted by Crippen LogP contribution is 2.14. The molecule has 1 aromatic carbocycles. The van der Waals surface area contributed by atoms with E-state index in [1.807, 2.05) is 24.6 Å². The molecule has 0 bridgehead atoms. The van der Waals surface area contributed by atoms with Crippen LogP contribution >= 0.6 is 0 Å². The third kappa shape index (κ3) is 2.85. The fraction of sp³-hybridized carbons (Fsp3) is 0.167. The summed E-state index contributed by atoms with van der Waals surface area (Å²) >= 11 is 0. The van der Waals surface area contributed by atoms with Crippen molar-refractivity contribution in [3.63, 3.8) is 0 Å². The molecule has 0 amide bonds. The number of hydrogen-bond donors (Lipinski definition) is 0. The summed E-state index contributed by atoms with van der Waals surface area (Å²) in [5, 5.41) is 4.94. The van der Waals surface area contributed by atoms with Crippen LogP contribution in [0.25, 0.3) is 17.0 Å². The van der Waals surface area contributed by atoms with E-state index in [4.69, 9.17) is 4.42 Å². The van der Waals surface area contributed by atoms with Crippen LogP contribution in [0.5, 0.6) is 0 Å². The average molecular weight is 308 g/mol. The SMILES string of the molecule is CCn1ncc(/C=C/C(=O)c2cc3ccccc3oc2=O)c1C. The summed E-state index contributed by atoms with van der Waals surface area (Å²) in [5.74, 6) is -0.381. The Bertz CT molecular complexity index is 964. The molecule has 0 spiro atoms. The Labute approximate surface area is 132 Å². The number of ketones is 1. The number of hydrogen-bond acceptors (Lipinski definition) is 4. The number of rotatable bonds is 4. The predicted octanol–water partition coefficient (Wildman–Crippen LogP) is 3.21. The van der Waals surface area contributed by atoms with Crippen LogP contribution in [-0.4, -0.2) is 15.6 Å². The molecule has 5 heteroatoms. The lowest BCUT2D eigenvalue weighted by Gasteiger charge is -1.99. The fourth-order valence-electron chi connectivity index (χ4n) is 2.43. The molecule has 116 valence electrons. The van der Waals surface area contributed by atoms with Gasteiger partial charge in [-0.2, -0.15) is 5.10 Å². The summed E-state index contributed by atoms with van der Waals surface area (Å²) < 4.78 is 7.03.